The highest BCUT2D eigenvalue weighted by Crippen LogP contribution is 2.33. The van der Waals surface area contributed by atoms with Gasteiger partial charge in [-0.1, -0.05) is 18.2 Å². The van der Waals surface area contributed by atoms with Crippen LogP contribution in [0.15, 0.2) is 48.5 Å². The van der Waals surface area contributed by atoms with E-state index in [2.05, 4.69) is 47.2 Å². The number of anilines is 1. The molecular formula is C26H31N3O4. The molecule has 0 aromatic heterocycles. The molecule has 0 atom stereocenters. The lowest BCUT2D eigenvalue weighted by atomic mass is 10.1. The molecule has 33 heavy (non-hydrogen) atoms. The molecule has 0 N–H and O–H groups in total. The van der Waals surface area contributed by atoms with E-state index in [1.54, 1.807) is 0 Å². The summed E-state index contributed by atoms with van der Waals surface area (Å²) in [5.74, 6) is 2.78. The van der Waals surface area contributed by atoms with Gasteiger partial charge in [-0.05, 0) is 42.3 Å². The SMILES string of the molecule is CN1CC=C(OCCCC(=O)N2CCN(Cc3ccc4c(c3)OCO4)CC2)c2ccccc21. The molecule has 1 saturated heterocycles. The summed E-state index contributed by atoms with van der Waals surface area (Å²) in [4.78, 5) is 19.3. The number of piperazine rings is 1. The van der Waals surface area contributed by atoms with Crippen LogP contribution in [0.3, 0.4) is 0 Å². The average Bonchev–Trinajstić information content (AvgIpc) is 3.31. The van der Waals surface area contributed by atoms with Crippen molar-refractivity contribution < 1.29 is 19.0 Å². The van der Waals surface area contributed by atoms with Crippen LogP contribution in [0.4, 0.5) is 5.69 Å². The highest BCUT2D eigenvalue weighted by molar-refractivity contribution is 5.77. The van der Waals surface area contributed by atoms with Gasteiger partial charge >= 0.3 is 0 Å². The van der Waals surface area contributed by atoms with Gasteiger partial charge in [0.25, 0.3) is 0 Å². The molecule has 7 nitrogen and oxygen atoms in total. The monoisotopic (exact) mass is 449 g/mol. The largest absolute Gasteiger partial charge is 0.493 e. The third-order valence-corrected chi connectivity index (χ3v) is 6.49. The first kappa shape index (κ1) is 21.6. The zero-order chi connectivity index (χ0) is 22.6. The van der Waals surface area contributed by atoms with Crippen LogP contribution in [0.1, 0.15) is 24.0 Å². The topological polar surface area (TPSA) is 54.5 Å². The van der Waals surface area contributed by atoms with Gasteiger partial charge in [-0.3, -0.25) is 9.69 Å². The zero-order valence-corrected chi connectivity index (χ0v) is 19.2. The van der Waals surface area contributed by atoms with Gasteiger partial charge in [0.15, 0.2) is 11.5 Å². The summed E-state index contributed by atoms with van der Waals surface area (Å²) < 4.78 is 16.9. The van der Waals surface area contributed by atoms with Crippen molar-refractivity contribution in [3.05, 3.63) is 59.7 Å². The number of ether oxygens (including phenoxy) is 3. The van der Waals surface area contributed by atoms with Crippen LogP contribution in [0.2, 0.25) is 0 Å². The summed E-state index contributed by atoms with van der Waals surface area (Å²) in [7, 11) is 2.08. The Kier molecular flexibility index (Phi) is 6.39. The number of hydrogen-bond donors (Lipinski definition) is 0. The number of carbonyl (C=O) groups excluding carboxylic acids is 1. The molecule has 0 bridgehead atoms. The van der Waals surface area contributed by atoms with E-state index in [1.807, 2.05) is 23.1 Å². The van der Waals surface area contributed by atoms with E-state index >= 15 is 0 Å². The van der Waals surface area contributed by atoms with Gasteiger partial charge in [-0.25, -0.2) is 0 Å². The maximum atomic E-state index is 12.7. The highest BCUT2D eigenvalue weighted by atomic mass is 16.7. The minimum atomic E-state index is 0.221. The minimum Gasteiger partial charge on any atom is -0.493 e. The van der Waals surface area contributed by atoms with E-state index in [0.717, 1.165) is 68.5 Å². The molecule has 7 heteroatoms. The van der Waals surface area contributed by atoms with Crippen LogP contribution in [-0.4, -0.2) is 68.9 Å². The van der Waals surface area contributed by atoms with Gasteiger partial charge in [-0.2, -0.15) is 0 Å². The number of para-hydroxylation sites is 1. The van der Waals surface area contributed by atoms with E-state index in [4.69, 9.17) is 14.2 Å². The Balaban J connectivity index is 1.03. The summed E-state index contributed by atoms with van der Waals surface area (Å²) in [5, 5.41) is 0. The van der Waals surface area contributed by atoms with E-state index in [9.17, 15) is 4.79 Å². The van der Waals surface area contributed by atoms with Crippen LogP contribution < -0.4 is 14.4 Å². The van der Waals surface area contributed by atoms with Crippen molar-refractivity contribution in [3.63, 3.8) is 0 Å². The Morgan fingerprint density at radius 1 is 1.03 bits per heavy atom. The summed E-state index contributed by atoms with van der Waals surface area (Å²) in [5.41, 5.74) is 3.52. The summed E-state index contributed by atoms with van der Waals surface area (Å²) in [6.45, 7) is 5.86. The molecule has 3 heterocycles. The van der Waals surface area contributed by atoms with Gasteiger partial charge in [0.1, 0.15) is 5.76 Å². The second kappa shape index (κ2) is 9.75. The number of benzene rings is 2. The average molecular weight is 450 g/mol. The molecule has 0 spiro atoms. The molecule has 0 unspecified atom stereocenters. The van der Waals surface area contributed by atoms with Gasteiger partial charge < -0.3 is 24.0 Å². The van der Waals surface area contributed by atoms with Crippen LogP contribution >= 0.6 is 0 Å². The Hall–Kier alpha value is -3.19. The molecule has 3 aliphatic heterocycles. The third-order valence-electron chi connectivity index (χ3n) is 6.49. The summed E-state index contributed by atoms with van der Waals surface area (Å²) in [6.07, 6.45) is 3.37. The van der Waals surface area contributed by atoms with Crippen LogP contribution in [-0.2, 0) is 16.1 Å². The van der Waals surface area contributed by atoms with Crippen molar-refractivity contribution >= 4 is 17.4 Å². The van der Waals surface area contributed by atoms with E-state index in [0.29, 0.717) is 19.8 Å². The Labute approximate surface area is 195 Å². The maximum absolute atomic E-state index is 12.7. The molecule has 0 aliphatic carbocycles. The van der Waals surface area contributed by atoms with E-state index in [-0.39, 0.29) is 5.91 Å². The zero-order valence-electron chi connectivity index (χ0n) is 19.2. The Bertz CT molecular complexity index is 1030. The summed E-state index contributed by atoms with van der Waals surface area (Å²) >= 11 is 0. The molecule has 2 aromatic carbocycles. The fourth-order valence-electron chi connectivity index (χ4n) is 4.60. The van der Waals surface area contributed by atoms with Crippen molar-refractivity contribution in [2.75, 3.05) is 58.1 Å². The first-order valence-electron chi connectivity index (χ1n) is 11.7. The lowest BCUT2D eigenvalue weighted by Gasteiger charge is -2.35. The number of carbonyl (C=O) groups is 1. The molecule has 0 saturated carbocycles. The molecule has 5 rings (SSSR count). The van der Waals surface area contributed by atoms with Gasteiger partial charge in [-0.15, -0.1) is 0 Å². The minimum absolute atomic E-state index is 0.221. The Morgan fingerprint density at radius 2 is 1.85 bits per heavy atom. The molecule has 0 radical (unpaired) electrons. The van der Waals surface area contributed by atoms with E-state index in [1.165, 1.54) is 11.3 Å². The summed E-state index contributed by atoms with van der Waals surface area (Å²) in [6, 6.07) is 14.4. The number of amides is 1. The van der Waals surface area contributed by atoms with Crippen LogP contribution in [0.25, 0.3) is 5.76 Å². The van der Waals surface area contributed by atoms with Crippen molar-refractivity contribution in [2.45, 2.75) is 19.4 Å². The third kappa shape index (κ3) is 4.93. The standard InChI is InChI=1S/C26H31N3O4/c1-27-11-10-23(21-5-2-3-6-22(21)27)31-16-4-7-26(30)29-14-12-28(13-15-29)18-20-8-9-24-25(17-20)33-19-32-24/h2-3,5-6,8-10,17H,4,7,11-16,18-19H2,1H3. The second-order valence-electron chi connectivity index (χ2n) is 8.76. The van der Waals surface area contributed by atoms with Crippen molar-refractivity contribution in [3.8, 4) is 11.5 Å². The van der Waals surface area contributed by atoms with Gasteiger partial charge in [0, 0.05) is 64.0 Å². The quantitative estimate of drug-likeness (QED) is 0.605. The first-order valence-corrected chi connectivity index (χ1v) is 11.7. The smallest absolute Gasteiger partial charge is 0.231 e. The number of fused-ring (bicyclic) bond motifs is 2. The predicted octanol–water partition coefficient (Wildman–Crippen LogP) is 3.35. The van der Waals surface area contributed by atoms with Crippen molar-refractivity contribution in [2.24, 2.45) is 0 Å². The molecule has 1 amide bonds. The second-order valence-corrected chi connectivity index (χ2v) is 8.76. The Morgan fingerprint density at radius 3 is 2.73 bits per heavy atom. The lowest BCUT2D eigenvalue weighted by Crippen LogP contribution is -2.48. The number of likely N-dealkylation sites (N-methyl/N-ethyl adjacent to an activating group) is 1. The number of nitrogens with zero attached hydrogens (tertiary/aromatic N) is 3. The molecule has 3 aliphatic rings. The molecular weight excluding hydrogens is 418 g/mol. The van der Waals surface area contributed by atoms with Gasteiger partial charge in [0.2, 0.25) is 12.7 Å². The number of rotatable bonds is 7. The predicted molar refractivity (Wildman–Crippen MR) is 127 cm³/mol. The first-order chi connectivity index (χ1) is 16.2. The lowest BCUT2D eigenvalue weighted by molar-refractivity contribution is -0.133. The molecule has 1 fully saturated rings. The fraction of sp³-hybridized carbons (Fsp3) is 0.423. The van der Waals surface area contributed by atoms with E-state index < -0.39 is 0 Å². The van der Waals surface area contributed by atoms with Crippen LogP contribution in [0, 0.1) is 0 Å². The van der Waals surface area contributed by atoms with Crippen molar-refractivity contribution in [1.82, 2.24) is 9.80 Å². The van der Waals surface area contributed by atoms with Gasteiger partial charge in [0.05, 0.1) is 6.61 Å². The highest BCUT2D eigenvalue weighted by Gasteiger charge is 2.22. The normalized spacial score (nSPS) is 17.5. The number of hydrogen-bond acceptors (Lipinski definition) is 6. The van der Waals surface area contributed by atoms with Crippen molar-refractivity contribution in [1.29, 1.82) is 0 Å². The maximum Gasteiger partial charge on any atom is 0.231 e. The van der Waals surface area contributed by atoms with Crippen LogP contribution in [0.5, 0.6) is 11.5 Å². The fourth-order valence-corrected chi connectivity index (χ4v) is 4.60. The molecule has 2 aromatic rings. The molecule has 174 valence electrons.